The summed E-state index contributed by atoms with van der Waals surface area (Å²) < 4.78 is 48.4. The summed E-state index contributed by atoms with van der Waals surface area (Å²) in [5.74, 6) is -0.0974. The van der Waals surface area contributed by atoms with Crippen LogP contribution in [0.3, 0.4) is 0 Å². The van der Waals surface area contributed by atoms with Crippen LogP contribution >= 0.6 is 0 Å². The summed E-state index contributed by atoms with van der Waals surface area (Å²) in [5.41, 5.74) is 4.54. The van der Waals surface area contributed by atoms with Gasteiger partial charge < -0.3 is 15.2 Å². The molecule has 0 amide bonds. The number of nitrogens with two attached hydrogens (primary N) is 1. The largest absolute Gasteiger partial charge is 0.475 e. The van der Waals surface area contributed by atoms with Crippen LogP contribution in [-0.2, 0) is 17.5 Å². The quantitative estimate of drug-likeness (QED) is 0.848. The Morgan fingerprint density at radius 3 is 2.30 bits per heavy atom. The number of hydrogen-bond donors (Lipinski definition) is 1. The molecule has 0 aliphatic rings. The molecule has 114 valence electrons. The fraction of sp³-hybridized carbons (Fsp3) is 0.615. The molecule has 0 radical (unpaired) electrons. The summed E-state index contributed by atoms with van der Waals surface area (Å²) >= 11 is 0. The summed E-state index contributed by atoms with van der Waals surface area (Å²) in [6.45, 7) is 6.05. The monoisotopic (exact) mass is 292 g/mol. The van der Waals surface area contributed by atoms with Crippen LogP contribution in [0.2, 0.25) is 0 Å². The third-order valence-corrected chi connectivity index (χ3v) is 2.31. The first kappa shape index (κ1) is 16.7. The molecular weight excluding hydrogens is 273 g/mol. The molecule has 1 aromatic heterocycles. The van der Waals surface area contributed by atoms with Gasteiger partial charge in [0.2, 0.25) is 5.88 Å². The lowest BCUT2D eigenvalue weighted by Gasteiger charge is -2.19. The highest BCUT2D eigenvalue weighted by atomic mass is 19.4. The van der Waals surface area contributed by atoms with E-state index in [1.54, 1.807) is 0 Å². The standard InChI is InChI=1S/C13H19F3N2O2/c1-12(2,3)20-7-6-19-11-9(8-17)4-5-10(18-11)13(14,15)16/h4-5H,6-8,17H2,1-3H3. The van der Waals surface area contributed by atoms with Crippen molar-refractivity contribution >= 4 is 0 Å². The van der Waals surface area contributed by atoms with Crippen LogP contribution in [0.15, 0.2) is 12.1 Å². The molecule has 1 heterocycles. The van der Waals surface area contributed by atoms with E-state index in [1.807, 2.05) is 20.8 Å². The molecule has 0 atom stereocenters. The van der Waals surface area contributed by atoms with Gasteiger partial charge in [0, 0.05) is 12.1 Å². The topological polar surface area (TPSA) is 57.4 Å². The van der Waals surface area contributed by atoms with Gasteiger partial charge in [-0.15, -0.1) is 0 Å². The van der Waals surface area contributed by atoms with Crippen LogP contribution in [0.1, 0.15) is 32.0 Å². The van der Waals surface area contributed by atoms with E-state index < -0.39 is 11.9 Å². The van der Waals surface area contributed by atoms with Crippen molar-refractivity contribution < 1.29 is 22.6 Å². The average molecular weight is 292 g/mol. The Morgan fingerprint density at radius 2 is 1.80 bits per heavy atom. The van der Waals surface area contributed by atoms with Gasteiger partial charge in [0.1, 0.15) is 12.3 Å². The highest BCUT2D eigenvalue weighted by Crippen LogP contribution is 2.30. The molecular formula is C13H19F3N2O2. The van der Waals surface area contributed by atoms with Gasteiger partial charge >= 0.3 is 6.18 Å². The summed E-state index contributed by atoms with van der Waals surface area (Å²) in [6.07, 6.45) is -4.51. The molecule has 0 aliphatic heterocycles. The third kappa shape index (κ3) is 5.34. The SMILES string of the molecule is CC(C)(C)OCCOc1nc(C(F)(F)F)ccc1CN. The molecule has 0 bridgehead atoms. The maximum absolute atomic E-state index is 12.6. The number of nitrogens with zero attached hydrogens (tertiary/aromatic N) is 1. The summed E-state index contributed by atoms with van der Waals surface area (Å²) in [6, 6.07) is 2.16. The minimum absolute atomic E-state index is 0.0561. The van der Waals surface area contributed by atoms with Crippen molar-refractivity contribution in [2.45, 2.75) is 39.1 Å². The molecule has 4 nitrogen and oxygen atoms in total. The Labute approximate surface area is 116 Å². The predicted molar refractivity (Wildman–Crippen MR) is 68.3 cm³/mol. The molecule has 0 aromatic carbocycles. The van der Waals surface area contributed by atoms with Gasteiger partial charge in [-0.2, -0.15) is 13.2 Å². The number of alkyl halides is 3. The third-order valence-electron chi connectivity index (χ3n) is 2.31. The van der Waals surface area contributed by atoms with Gasteiger partial charge in [-0.25, -0.2) is 4.98 Å². The molecule has 1 rings (SSSR count). The van der Waals surface area contributed by atoms with Gasteiger partial charge in [0.25, 0.3) is 0 Å². The Kier molecular flexibility index (Phi) is 5.35. The van der Waals surface area contributed by atoms with Gasteiger partial charge in [-0.3, -0.25) is 0 Å². The molecule has 0 saturated carbocycles. The normalized spacial score (nSPS) is 12.6. The van der Waals surface area contributed by atoms with Crippen molar-refractivity contribution in [2.24, 2.45) is 5.73 Å². The van der Waals surface area contributed by atoms with Crippen LogP contribution in [-0.4, -0.2) is 23.8 Å². The number of rotatable bonds is 5. The zero-order chi connectivity index (χ0) is 15.4. The van der Waals surface area contributed by atoms with Crippen molar-refractivity contribution in [3.8, 4) is 5.88 Å². The van der Waals surface area contributed by atoms with E-state index in [0.29, 0.717) is 5.56 Å². The van der Waals surface area contributed by atoms with Gasteiger partial charge in [0.05, 0.1) is 12.2 Å². The van der Waals surface area contributed by atoms with Crippen molar-refractivity contribution in [1.29, 1.82) is 0 Å². The molecule has 2 N–H and O–H groups in total. The van der Waals surface area contributed by atoms with Crippen LogP contribution in [0.25, 0.3) is 0 Å². The first-order valence-corrected chi connectivity index (χ1v) is 6.17. The van der Waals surface area contributed by atoms with Gasteiger partial charge in [-0.05, 0) is 26.8 Å². The molecule has 0 aliphatic carbocycles. The van der Waals surface area contributed by atoms with E-state index >= 15 is 0 Å². The predicted octanol–water partition coefficient (Wildman–Crippen LogP) is 2.75. The molecule has 0 unspecified atom stereocenters. The Morgan fingerprint density at radius 1 is 1.15 bits per heavy atom. The molecule has 20 heavy (non-hydrogen) atoms. The van der Waals surface area contributed by atoms with E-state index in [1.165, 1.54) is 6.07 Å². The van der Waals surface area contributed by atoms with Gasteiger partial charge in [-0.1, -0.05) is 6.07 Å². The Hall–Kier alpha value is -1.34. The number of hydrogen-bond acceptors (Lipinski definition) is 4. The first-order chi connectivity index (χ1) is 9.13. The van der Waals surface area contributed by atoms with Crippen LogP contribution in [0.4, 0.5) is 13.2 Å². The molecule has 0 saturated heterocycles. The molecule has 0 spiro atoms. The average Bonchev–Trinajstić information content (AvgIpc) is 2.32. The molecule has 1 aromatic rings. The van der Waals surface area contributed by atoms with E-state index in [0.717, 1.165) is 6.07 Å². The minimum atomic E-state index is -4.51. The zero-order valence-electron chi connectivity index (χ0n) is 11.8. The first-order valence-electron chi connectivity index (χ1n) is 6.17. The summed E-state index contributed by atoms with van der Waals surface area (Å²) in [4.78, 5) is 3.47. The lowest BCUT2D eigenvalue weighted by Crippen LogP contribution is -2.23. The fourth-order valence-corrected chi connectivity index (χ4v) is 1.39. The van der Waals surface area contributed by atoms with Crippen LogP contribution in [0.5, 0.6) is 5.88 Å². The molecule has 0 fully saturated rings. The highest BCUT2D eigenvalue weighted by molar-refractivity contribution is 5.29. The lowest BCUT2D eigenvalue weighted by molar-refractivity contribution is -0.141. The lowest BCUT2D eigenvalue weighted by atomic mass is 10.2. The van der Waals surface area contributed by atoms with E-state index in [2.05, 4.69) is 4.98 Å². The van der Waals surface area contributed by atoms with Crippen molar-refractivity contribution in [3.63, 3.8) is 0 Å². The maximum atomic E-state index is 12.6. The Balaban J connectivity index is 2.72. The number of ether oxygens (including phenoxy) is 2. The van der Waals surface area contributed by atoms with E-state index in [-0.39, 0.29) is 31.2 Å². The minimum Gasteiger partial charge on any atom is -0.475 e. The Bertz CT molecular complexity index is 442. The summed E-state index contributed by atoms with van der Waals surface area (Å²) in [7, 11) is 0. The van der Waals surface area contributed by atoms with Gasteiger partial charge in [0.15, 0.2) is 0 Å². The van der Waals surface area contributed by atoms with Crippen molar-refractivity contribution in [1.82, 2.24) is 4.98 Å². The smallest absolute Gasteiger partial charge is 0.433 e. The van der Waals surface area contributed by atoms with Crippen LogP contribution < -0.4 is 10.5 Å². The summed E-state index contributed by atoms with van der Waals surface area (Å²) in [5, 5.41) is 0. The second-order valence-corrected chi connectivity index (χ2v) is 5.17. The van der Waals surface area contributed by atoms with E-state index in [9.17, 15) is 13.2 Å². The second-order valence-electron chi connectivity index (χ2n) is 5.17. The zero-order valence-corrected chi connectivity index (χ0v) is 11.8. The number of pyridine rings is 1. The molecule has 7 heteroatoms. The fourth-order valence-electron chi connectivity index (χ4n) is 1.39. The highest BCUT2D eigenvalue weighted by Gasteiger charge is 2.33. The van der Waals surface area contributed by atoms with Crippen LogP contribution in [0, 0.1) is 0 Å². The number of halogens is 3. The second kappa shape index (κ2) is 6.41. The van der Waals surface area contributed by atoms with Crippen molar-refractivity contribution in [2.75, 3.05) is 13.2 Å². The van der Waals surface area contributed by atoms with E-state index in [4.69, 9.17) is 15.2 Å². The maximum Gasteiger partial charge on any atom is 0.433 e. The number of aromatic nitrogens is 1. The van der Waals surface area contributed by atoms with Crippen molar-refractivity contribution in [3.05, 3.63) is 23.4 Å².